The Labute approximate surface area is 155 Å². The summed E-state index contributed by atoms with van der Waals surface area (Å²) in [6.07, 6.45) is 3.27. The molecule has 3 rings (SSSR count). The first-order chi connectivity index (χ1) is 13.1. The molecule has 0 aliphatic heterocycles. The van der Waals surface area contributed by atoms with Crippen LogP contribution in [0.3, 0.4) is 0 Å². The van der Waals surface area contributed by atoms with Crippen LogP contribution in [0.4, 0.5) is 0 Å². The molecule has 2 N–H and O–H groups in total. The summed E-state index contributed by atoms with van der Waals surface area (Å²) in [5.41, 5.74) is 6.93. The predicted octanol–water partition coefficient (Wildman–Crippen LogP) is 1.45. The molecule has 0 unspecified atom stereocenters. The Morgan fingerprint density at radius 1 is 1.22 bits per heavy atom. The average Bonchev–Trinajstić information content (AvgIpc) is 3.14. The van der Waals surface area contributed by atoms with Crippen molar-refractivity contribution in [1.82, 2.24) is 14.3 Å². The minimum Gasteiger partial charge on any atom is -0.496 e. The molecular weight excluding hydrogens is 348 g/mol. The maximum atomic E-state index is 12.9. The van der Waals surface area contributed by atoms with E-state index in [4.69, 9.17) is 15.2 Å². The number of carbonyl (C=O) groups excluding carboxylic acids is 1. The number of methoxy groups -OCH3 is 2. The predicted molar refractivity (Wildman–Crippen MR) is 100 cm³/mol. The molecule has 8 heteroatoms. The first-order valence-electron chi connectivity index (χ1n) is 8.28. The van der Waals surface area contributed by atoms with Gasteiger partial charge in [0, 0.05) is 19.4 Å². The van der Waals surface area contributed by atoms with Gasteiger partial charge in [-0.05, 0) is 5.56 Å². The third-order valence-corrected chi connectivity index (χ3v) is 4.10. The van der Waals surface area contributed by atoms with Gasteiger partial charge in [0.15, 0.2) is 0 Å². The van der Waals surface area contributed by atoms with Crippen LogP contribution in [0.2, 0.25) is 0 Å². The summed E-state index contributed by atoms with van der Waals surface area (Å²) in [5, 5.41) is 4.25. The SMILES string of the molecule is COCCn1cc(-n2c(-c3ccccc3)c(C(N)=O)c(OC)cc2=O)cn1. The number of rotatable bonds is 7. The van der Waals surface area contributed by atoms with Gasteiger partial charge in [0.25, 0.3) is 11.5 Å². The first-order valence-corrected chi connectivity index (χ1v) is 8.28. The zero-order valence-corrected chi connectivity index (χ0v) is 15.1. The van der Waals surface area contributed by atoms with E-state index in [9.17, 15) is 9.59 Å². The van der Waals surface area contributed by atoms with E-state index in [0.717, 1.165) is 0 Å². The van der Waals surface area contributed by atoms with Gasteiger partial charge in [-0.2, -0.15) is 5.10 Å². The van der Waals surface area contributed by atoms with Crippen LogP contribution in [0.25, 0.3) is 16.9 Å². The summed E-state index contributed by atoms with van der Waals surface area (Å²) < 4.78 is 13.4. The van der Waals surface area contributed by atoms with E-state index in [2.05, 4.69) is 5.10 Å². The lowest BCUT2D eigenvalue weighted by Crippen LogP contribution is -2.25. The van der Waals surface area contributed by atoms with Crippen LogP contribution < -0.4 is 16.0 Å². The molecule has 1 aromatic carbocycles. The largest absolute Gasteiger partial charge is 0.496 e. The number of aromatic nitrogens is 3. The van der Waals surface area contributed by atoms with Crippen molar-refractivity contribution in [3.8, 4) is 22.7 Å². The molecule has 0 radical (unpaired) electrons. The normalized spacial score (nSPS) is 10.7. The van der Waals surface area contributed by atoms with Crippen LogP contribution in [-0.4, -0.2) is 41.1 Å². The maximum absolute atomic E-state index is 12.9. The molecule has 27 heavy (non-hydrogen) atoms. The zero-order chi connectivity index (χ0) is 19.4. The molecule has 8 nitrogen and oxygen atoms in total. The fourth-order valence-corrected chi connectivity index (χ4v) is 2.89. The lowest BCUT2D eigenvalue weighted by atomic mass is 10.0. The molecule has 1 amide bonds. The van der Waals surface area contributed by atoms with Crippen molar-refractivity contribution >= 4 is 5.91 Å². The minimum atomic E-state index is -0.689. The van der Waals surface area contributed by atoms with Crippen LogP contribution >= 0.6 is 0 Å². The van der Waals surface area contributed by atoms with E-state index in [0.29, 0.717) is 30.1 Å². The Kier molecular flexibility index (Phi) is 5.37. The third kappa shape index (κ3) is 3.61. The molecule has 3 aromatic rings. The van der Waals surface area contributed by atoms with Gasteiger partial charge in [-0.1, -0.05) is 30.3 Å². The highest BCUT2D eigenvalue weighted by molar-refractivity contribution is 6.02. The van der Waals surface area contributed by atoms with Crippen molar-refractivity contribution in [3.63, 3.8) is 0 Å². The zero-order valence-electron chi connectivity index (χ0n) is 15.1. The smallest absolute Gasteiger partial charge is 0.259 e. The summed E-state index contributed by atoms with van der Waals surface area (Å²) in [7, 11) is 2.99. The lowest BCUT2D eigenvalue weighted by molar-refractivity contribution is 0.0997. The highest BCUT2D eigenvalue weighted by Gasteiger charge is 2.23. The molecule has 0 atom stereocenters. The number of primary amides is 1. The quantitative estimate of drug-likeness (QED) is 0.680. The van der Waals surface area contributed by atoms with Crippen LogP contribution in [0, 0.1) is 0 Å². The number of amides is 1. The van der Waals surface area contributed by atoms with Crippen molar-refractivity contribution in [1.29, 1.82) is 0 Å². The van der Waals surface area contributed by atoms with Crippen molar-refractivity contribution in [3.05, 3.63) is 64.7 Å². The fraction of sp³-hybridized carbons (Fsp3) is 0.211. The standard InChI is InChI=1S/C19H20N4O4/c1-26-9-8-22-12-14(11-21-22)23-16(24)10-15(27-2)17(19(20)25)18(23)13-6-4-3-5-7-13/h3-7,10-12H,8-9H2,1-2H3,(H2,20,25). The number of carbonyl (C=O) groups is 1. The Balaban J connectivity index is 2.30. The Bertz CT molecular complexity index is 1010. The average molecular weight is 368 g/mol. The molecule has 0 bridgehead atoms. The second kappa shape index (κ2) is 7.88. The van der Waals surface area contributed by atoms with Crippen molar-refractivity contribution in [2.24, 2.45) is 5.73 Å². The first kappa shape index (κ1) is 18.4. The summed E-state index contributed by atoms with van der Waals surface area (Å²) >= 11 is 0. The van der Waals surface area contributed by atoms with Crippen molar-refractivity contribution in [2.45, 2.75) is 6.54 Å². The molecule has 0 aliphatic rings. The number of nitrogens with zero attached hydrogens (tertiary/aromatic N) is 3. The molecule has 0 saturated heterocycles. The monoisotopic (exact) mass is 368 g/mol. The molecule has 140 valence electrons. The molecule has 0 fully saturated rings. The number of nitrogens with two attached hydrogens (primary N) is 1. The molecule has 0 spiro atoms. The van der Waals surface area contributed by atoms with Gasteiger partial charge in [0.2, 0.25) is 0 Å². The minimum absolute atomic E-state index is 0.132. The number of benzene rings is 1. The highest BCUT2D eigenvalue weighted by atomic mass is 16.5. The van der Waals surface area contributed by atoms with Crippen LogP contribution in [0.15, 0.2) is 53.6 Å². The van der Waals surface area contributed by atoms with Crippen LogP contribution in [-0.2, 0) is 11.3 Å². The second-order valence-electron chi connectivity index (χ2n) is 5.79. The third-order valence-electron chi connectivity index (χ3n) is 4.10. The van der Waals surface area contributed by atoms with Gasteiger partial charge in [0.1, 0.15) is 11.3 Å². The number of ether oxygens (including phenoxy) is 2. The van der Waals surface area contributed by atoms with Crippen molar-refractivity contribution < 1.29 is 14.3 Å². The summed E-state index contributed by atoms with van der Waals surface area (Å²) in [6.45, 7) is 1.02. The molecular formula is C19H20N4O4. The van der Waals surface area contributed by atoms with Gasteiger partial charge < -0.3 is 15.2 Å². The second-order valence-corrected chi connectivity index (χ2v) is 5.79. The van der Waals surface area contributed by atoms with E-state index in [1.807, 2.05) is 18.2 Å². The van der Waals surface area contributed by atoms with Crippen molar-refractivity contribution in [2.75, 3.05) is 20.8 Å². The van der Waals surface area contributed by atoms with Gasteiger partial charge in [-0.3, -0.25) is 18.8 Å². The highest BCUT2D eigenvalue weighted by Crippen LogP contribution is 2.30. The van der Waals surface area contributed by atoms with E-state index in [-0.39, 0.29) is 16.9 Å². The topological polar surface area (TPSA) is 101 Å². The van der Waals surface area contributed by atoms with Crippen LogP contribution in [0.5, 0.6) is 5.75 Å². The molecule has 2 aromatic heterocycles. The Hall–Kier alpha value is -3.39. The van der Waals surface area contributed by atoms with E-state index >= 15 is 0 Å². The molecule has 0 saturated carbocycles. The summed E-state index contributed by atoms with van der Waals surface area (Å²) in [5.74, 6) is -0.555. The van der Waals surface area contributed by atoms with Gasteiger partial charge in [-0.15, -0.1) is 0 Å². The Morgan fingerprint density at radius 2 is 1.96 bits per heavy atom. The number of hydrogen-bond donors (Lipinski definition) is 1. The summed E-state index contributed by atoms with van der Waals surface area (Å²) in [4.78, 5) is 25.1. The lowest BCUT2D eigenvalue weighted by Gasteiger charge is -2.17. The van der Waals surface area contributed by atoms with E-state index in [1.54, 1.807) is 36.3 Å². The van der Waals surface area contributed by atoms with Gasteiger partial charge in [0.05, 0.1) is 37.8 Å². The Morgan fingerprint density at radius 3 is 2.59 bits per heavy atom. The number of pyridine rings is 1. The van der Waals surface area contributed by atoms with Gasteiger partial charge >= 0.3 is 0 Å². The number of hydrogen-bond acceptors (Lipinski definition) is 5. The maximum Gasteiger partial charge on any atom is 0.259 e. The van der Waals surface area contributed by atoms with Crippen LogP contribution in [0.1, 0.15) is 10.4 Å². The van der Waals surface area contributed by atoms with E-state index < -0.39 is 5.91 Å². The molecule has 2 heterocycles. The fourth-order valence-electron chi connectivity index (χ4n) is 2.89. The van der Waals surface area contributed by atoms with E-state index in [1.165, 1.54) is 17.7 Å². The molecule has 0 aliphatic carbocycles. The van der Waals surface area contributed by atoms with Gasteiger partial charge in [-0.25, -0.2) is 0 Å². The summed E-state index contributed by atoms with van der Waals surface area (Å²) in [6, 6.07) is 10.3.